The predicted octanol–water partition coefficient (Wildman–Crippen LogP) is 0.889. The SMILES string of the molecule is CCNC(=O)CNC(=O)c1ccc(OCC(F)(F)F)nc1. The lowest BCUT2D eigenvalue weighted by atomic mass is 10.2. The molecule has 0 aromatic carbocycles. The first kappa shape index (κ1) is 16.7. The summed E-state index contributed by atoms with van der Waals surface area (Å²) in [7, 11) is 0. The number of amides is 2. The smallest absolute Gasteiger partial charge is 0.422 e. The van der Waals surface area contributed by atoms with Gasteiger partial charge in [0.1, 0.15) is 0 Å². The van der Waals surface area contributed by atoms with Crippen molar-refractivity contribution in [2.75, 3.05) is 19.7 Å². The number of nitrogens with one attached hydrogen (secondary N) is 2. The molecule has 21 heavy (non-hydrogen) atoms. The fraction of sp³-hybridized carbons (Fsp3) is 0.417. The Labute approximate surface area is 118 Å². The molecule has 0 unspecified atom stereocenters. The number of nitrogens with zero attached hydrogens (tertiary/aromatic N) is 1. The van der Waals surface area contributed by atoms with Gasteiger partial charge in [-0.1, -0.05) is 0 Å². The zero-order valence-corrected chi connectivity index (χ0v) is 11.2. The quantitative estimate of drug-likeness (QED) is 0.818. The van der Waals surface area contributed by atoms with Crippen LogP contribution in [0.5, 0.6) is 5.88 Å². The van der Waals surface area contributed by atoms with Gasteiger partial charge in [0, 0.05) is 18.8 Å². The van der Waals surface area contributed by atoms with E-state index in [9.17, 15) is 22.8 Å². The largest absolute Gasteiger partial charge is 0.468 e. The highest BCUT2D eigenvalue weighted by Gasteiger charge is 2.28. The molecule has 0 saturated heterocycles. The van der Waals surface area contributed by atoms with E-state index in [4.69, 9.17) is 0 Å². The Morgan fingerprint density at radius 3 is 2.52 bits per heavy atom. The summed E-state index contributed by atoms with van der Waals surface area (Å²) in [6.45, 7) is 0.534. The van der Waals surface area contributed by atoms with Gasteiger partial charge in [0.2, 0.25) is 11.8 Å². The van der Waals surface area contributed by atoms with E-state index in [1.54, 1.807) is 6.92 Å². The topological polar surface area (TPSA) is 80.3 Å². The van der Waals surface area contributed by atoms with Gasteiger partial charge in [-0.2, -0.15) is 13.2 Å². The molecule has 0 fully saturated rings. The highest BCUT2D eigenvalue weighted by atomic mass is 19.4. The van der Waals surface area contributed by atoms with Crippen molar-refractivity contribution in [3.8, 4) is 5.88 Å². The average molecular weight is 305 g/mol. The molecule has 0 aliphatic rings. The Morgan fingerprint density at radius 2 is 2.00 bits per heavy atom. The third-order valence-corrected chi connectivity index (χ3v) is 2.17. The Hall–Kier alpha value is -2.32. The molecule has 1 aromatic heterocycles. The first-order valence-corrected chi connectivity index (χ1v) is 6.02. The summed E-state index contributed by atoms with van der Waals surface area (Å²) in [5, 5.41) is 4.84. The van der Waals surface area contributed by atoms with Gasteiger partial charge in [0.05, 0.1) is 12.1 Å². The van der Waals surface area contributed by atoms with Crippen molar-refractivity contribution in [3.05, 3.63) is 23.9 Å². The van der Waals surface area contributed by atoms with Gasteiger partial charge in [-0.25, -0.2) is 4.98 Å². The molecule has 1 heterocycles. The molecule has 0 radical (unpaired) electrons. The lowest BCUT2D eigenvalue weighted by Gasteiger charge is -2.09. The lowest BCUT2D eigenvalue weighted by Crippen LogP contribution is -2.36. The van der Waals surface area contributed by atoms with Crippen LogP contribution in [0.25, 0.3) is 0 Å². The van der Waals surface area contributed by atoms with E-state index in [2.05, 4.69) is 20.4 Å². The van der Waals surface area contributed by atoms with Crippen LogP contribution in [0.2, 0.25) is 0 Å². The van der Waals surface area contributed by atoms with Crippen molar-refractivity contribution in [2.24, 2.45) is 0 Å². The van der Waals surface area contributed by atoms with Gasteiger partial charge >= 0.3 is 6.18 Å². The predicted molar refractivity (Wildman–Crippen MR) is 66.8 cm³/mol. The maximum atomic E-state index is 11.9. The number of carbonyl (C=O) groups excluding carboxylic acids is 2. The standard InChI is InChI=1S/C12H14F3N3O3/c1-2-16-9(19)6-18-11(20)8-3-4-10(17-5-8)21-7-12(13,14)15/h3-5H,2,6-7H2,1H3,(H,16,19)(H,18,20). The molecular formula is C12H14F3N3O3. The van der Waals surface area contributed by atoms with Crippen LogP contribution in [0.15, 0.2) is 18.3 Å². The Morgan fingerprint density at radius 1 is 1.29 bits per heavy atom. The van der Waals surface area contributed by atoms with E-state index in [0.717, 1.165) is 12.3 Å². The van der Waals surface area contributed by atoms with Crippen molar-refractivity contribution in [1.29, 1.82) is 0 Å². The minimum absolute atomic E-state index is 0.110. The average Bonchev–Trinajstić information content (AvgIpc) is 2.42. The second-order valence-corrected chi connectivity index (χ2v) is 3.93. The molecule has 2 N–H and O–H groups in total. The molecule has 1 rings (SSSR count). The van der Waals surface area contributed by atoms with Gasteiger partial charge in [-0.05, 0) is 13.0 Å². The molecule has 0 saturated carbocycles. The highest BCUT2D eigenvalue weighted by molar-refractivity contribution is 5.96. The fourth-order valence-electron chi connectivity index (χ4n) is 1.28. The number of alkyl halides is 3. The minimum Gasteiger partial charge on any atom is -0.468 e. The van der Waals surface area contributed by atoms with Gasteiger partial charge < -0.3 is 15.4 Å². The summed E-state index contributed by atoms with van der Waals surface area (Å²) in [6.07, 6.45) is -3.39. The lowest BCUT2D eigenvalue weighted by molar-refractivity contribution is -0.154. The van der Waals surface area contributed by atoms with Crippen molar-refractivity contribution in [2.45, 2.75) is 13.1 Å². The van der Waals surface area contributed by atoms with Crippen LogP contribution in [0.3, 0.4) is 0 Å². The number of likely N-dealkylation sites (N-methyl/N-ethyl adjacent to an activating group) is 1. The second kappa shape index (κ2) is 7.46. The molecule has 1 aromatic rings. The molecule has 2 amide bonds. The van der Waals surface area contributed by atoms with Crippen LogP contribution >= 0.6 is 0 Å². The number of hydrogen-bond acceptors (Lipinski definition) is 4. The maximum absolute atomic E-state index is 11.9. The van der Waals surface area contributed by atoms with E-state index >= 15 is 0 Å². The van der Waals surface area contributed by atoms with Crippen molar-refractivity contribution in [1.82, 2.24) is 15.6 Å². The summed E-state index contributed by atoms with van der Waals surface area (Å²) < 4.78 is 40.2. The Bertz CT molecular complexity index is 489. The summed E-state index contributed by atoms with van der Waals surface area (Å²) >= 11 is 0. The number of carbonyl (C=O) groups is 2. The van der Waals surface area contributed by atoms with Crippen LogP contribution < -0.4 is 15.4 Å². The Balaban J connectivity index is 2.49. The third-order valence-electron chi connectivity index (χ3n) is 2.17. The maximum Gasteiger partial charge on any atom is 0.422 e. The second-order valence-electron chi connectivity index (χ2n) is 3.93. The number of hydrogen-bond donors (Lipinski definition) is 2. The highest BCUT2D eigenvalue weighted by Crippen LogP contribution is 2.16. The van der Waals surface area contributed by atoms with Crippen molar-refractivity contribution in [3.63, 3.8) is 0 Å². The number of halogens is 3. The summed E-state index contributed by atoms with van der Waals surface area (Å²) in [5.41, 5.74) is 0.110. The van der Waals surface area contributed by atoms with Crippen molar-refractivity contribution < 1.29 is 27.5 Å². The first-order chi connectivity index (χ1) is 9.81. The van der Waals surface area contributed by atoms with Crippen LogP contribution in [0.1, 0.15) is 17.3 Å². The number of aromatic nitrogens is 1. The van der Waals surface area contributed by atoms with E-state index < -0.39 is 18.7 Å². The Kier molecular flexibility index (Phi) is 5.94. The zero-order chi connectivity index (χ0) is 15.9. The molecular weight excluding hydrogens is 291 g/mol. The molecule has 9 heteroatoms. The molecule has 0 bridgehead atoms. The molecule has 0 aliphatic carbocycles. The van der Waals surface area contributed by atoms with Gasteiger partial charge in [-0.3, -0.25) is 9.59 Å². The van der Waals surface area contributed by atoms with Gasteiger partial charge in [0.25, 0.3) is 5.91 Å². The fourth-order valence-corrected chi connectivity index (χ4v) is 1.28. The van der Waals surface area contributed by atoms with Gasteiger partial charge in [0.15, 0.2) is 6.61 Å². The van der Waals surface area contributed by atoms with Crippen LogP contribution in [-0.4, -0.2) is 42.7 Å². The number of pyridine rings is 1. The monoisotopic (exact) mass is 305 g/mol. The molecule has 0 aliphatic heterocycles. The van der Waals surface area contributed by atoms with Crippen LogP contribution in [-0.2, 0) is 4.79 Å². The van der Waals surface area contributed by atoms with E-state index in [1.165, 1.54) is 6.07 Å². The van der Waals surface area contributed by atoms with E-state index in [0.29, 0.717) is 6.54 Å². The molecule has 0 spiro atoms. The summed E-state index contributed by atoms with van der Waals surface area (Å²) in [4.78, 5) is 26.4. The molecule has 6 nitrogen and oxygen atoms in total. The summed E-state index contributed by atoms with van der Waals surface area (Å²) in [6, 6.07) is 2.40. The van der Waals surface area contributed by atoms with Gasteiger partial charge in [-0.15, -0.1) is 0 Å². The van der Waals surface area contributed by atoms with Crippen LogP contribution in [0, 0.1) is 0 Å². The molecule has 116 valence electrons. The first-order valence-electron chi connectivity index (χ1n) is 6.02. The minimum atomic E-state index is -4.45. The normalized spacial score (nSPS) is 10.9. The summed E-state index contributed by atoms with van der Waals surface area (Å²) in [5.74, 6) is -1.15. The third kappa shape index (κ3) is 6.59. The number of rotatable bonds is 6. The zero-order valence-electron chi connectivity index (χ0n) is 11.2. The molecule has 0 atom stereocenters. The van der Waals surface area contributed by atoms with E-state index in [-0.39, 0.29) is 23.9 Å². The van der Waals surface area contributed by atoms with Crippen LogP contribution in [0.4, 0.5) is 13.2 Å². The van der Waals surface area contributed by atoms with Crippen molar-refractivity contribution >= 4 is 11.8 Å². The number of ether oxygens (including phenoxy) is 1. The van der Waals surface area contributed by atoms with E-state index in [1.807, 2.05) is 0 Å².